The molecule has 0 spiro atoms. The van der Waals surface area contributed by atoms with Gasteiger partial charge in [0.25, 0.3) is 5.91 Å². The van der Waals surface area contributed by atoms with E-state index in [1.807, 2.05) is 29.2 Å². The van der Waals surface area contributed by atoms with Crippen molar-refractivity contribution in [3.63, 3.8) is 0 Å². The Hall–Kier alpha value is -2.34. The van der Waals surface area contributed by atoms with Crippen molar-refractivity contribution < 1.29 is 9.59 Å². The highest BCUT2D eigenvalue weighted by atomic mass is 79.9. The highest BCUT2D eigenvalue weighted by molar-refractivity contribution is 9.10. The predicted octanol–water partition coefficient (Wildman–Crippen LogP) is 4.52. The Balaban J connectivity index is 1.51. The number of halogens is 1. The maximum atomic E-state index is 12.6. The van der Waals surface area contributed by atoms with E-state index < -0.39 is 0 Å². The molecule has 2 aromatic rings. The normalized spacial score (nSPS) is 14.3. The fourth-order valence-corrected chi connectivity index (χ4v) is 3.37. The lowest BCUT2D eigenvalue weighted by molar-refractivity contribution is -0.114. The molecule has 3 rings (SSSR count). The van der Waals surface area contributed by atoms with E-state index in [-0.39, 0.29) is 18.4 Å². The van der Waals surface area contributed by atoms with Crippen LogP contribution in [0, 0.1) is 0 Å². The first-order valence-corrected chi connectivity index (χ1v) is 10.1. The van der Waals surface area contributed by atoms with Gasteiger partial charge >= 0.3 is 0 Å². The highest BCUT2D eigenvalue weighted by Crippen LogP contribution is 2.16. The van der Waals surface area contributed by atoms with E-state index in [0.717, 1.165) is 36.1 Å². The van der Waals surface area contributed by atoms with Gasteiger partial charge in [0, 0.05) is 34.5 Å². The van der Waals surface area contributed by atoms with Crippen LogP contribution in [-0.2, 0) is 4.79 Å². The highest BCUT2D eigenvalue weighted by Gasteiger charge is 2.17. The summed E-state index contributed by atoms with van der Waals surface area (Å²) in [5.41, 5.74) is 2.24. The molecule has 1 saturated heterocycles. The summed E-state index contributed by atoms with van der Waals surface area (Å²) in [7, 11) is 0. The number of nitrogens with zero attached hydrogens (tertiary/aromatic N) is 1. The quantitative estimate of drug-likeness (QED) is 0.734. The minimum Gasteiger partial charge on any atom is -0.376 e. The molecule has 2 amide bonds. The maximum absolute atomic E-state index is 12.6. The van der Waals surface area contributed by atoms with E-state index in [1.165, 1.54) is 12.8 Å². The minimum absolute atomic E-state index is 0.0756. The summed E-state index contributed by atoms with van der Waals surface area (Å²) in [4.78, 5) is 26.6. The molecule has 1 heterocycles. The van der Waals surface area contributed by atoms with Gasteiger partial charge in [-0.05, 0) is 61.4 Å². The van der Waals surface area contributed by atoms with Crippen LogP contribution in [0.25, 0.3) is 0 Å². The molecule has 0 bridgehead atoms. The van der Waals surface area contributed by atoms with E-state index in [4.69, 9.17) is 0 Å². The molecule has 0 aromatic heterocycles. The first-order valence-electron chi connectivity index (χ1n) is 9.30. The number of nitrogens with one attached hydrogen (secondary N) is 2. The molecule has 2 N–H and O–H groups in total. The Bertz CT molecular complexity index is 767. The summed E-state index contributed by atoms with van der Waals surface area (Å²) in [5.74, 6) is -0.0591. The molecular formula is C21H24BrN3O2. The Morgan fingerprint density at radius 3 is 2.07 bits per heavy atom. The van der Waals surface area contributed by atoms with Gasteiger partial charge in [-0.25, -0.2) is 0 Å². The van der Waals surface area contributed by atoms with Gasteiger partial charge in [-0.2, -0.15) is 0 Å². The van der Waals surface area contributed by atoms with Gasteiger partial charge in [0.15, 0.2) is 0 Å². The Labute approximate surface area is 168 Å². The van der Waals surface area contributed by atoms with Crippen molar-refractivity contribution in [1.29, 1.82) is 0 Å². The first-order chi connectivity index (χ1) is 13.1. The maximum Gasteiger partial charge on any atom is 0.253 e. The summed E-state index contributed by atoms with van der Waals surface area (Å²) in [5, 5.41) is 5.92. The molecule has 142 valence electrons. The van der Waals surface area contributed by atoms with Crippen molar-refractivity contribution in [2.75, 3.05) is 30.3 Å². The van der Waals surface area contributed by atoms with Crippen LogP contribution in [-0.4, -0.2) is 36.3 Å². The summed E-state index contributed by atoms with van der Waals surface area (Å²) in [6, 6.07) is 14.8. The van der Waals surface area contributed by atoms with E-state index >= 15 is 0 Å². The lowest BCUT2D eigenvalue weighted by Gasteiger charge is -2.20. The van der Waals surface area contributed by atoms with Crippen LogP contribution in [0.3, 0.4) is 0 Å². The second-order valence-corrected chi connectivity index (χ2v) is 7.61. The van der Waals surface area contributed by atoms with Crippen molar-refractivity contribution in [2.45, 2.75) is 25.7 Å². The molecule has 27 heavy (non-hydrogen) atoms. The number of benzene rings is 2. The Kier molecular flexibility index (Phi) is 6.87. The van der Waals surface area contributed by atoms with Gasteiger partial charge in [0.2, 0.25) is 5.91 Å². The van der Waals surface area contributed by atoms with Crippen LogP contribution >= 0.6 is 15.9 Å². The van der Waals surface area contributed by atoms with E-state index in [9.17, 15) is 9.59 Å². The summed E-state index contributed by atoms with van der Waals surface area (Å²) >= 11 is 3.38. The SMILES string of the molecule is O=C(CNc1ccc(Br)cc1)Nc1ccc(C(=O)N2CCCCCC2)cc1. The average Bonchev–Trinajstić information content (AvgIpc) is 2.97. The number of hydrogen-bond acceptors (Lipinski definition) is 3. The Morgan fingerprint density at radius 2 is 1.44 bits per heavy atom. The number of likely N-dealkylation sites (tertiary alicyclic amines) is 1. The number of carbonyl (C=O) groups excluding carboxylic acids is 2. The smallest absolute Gasteiger partial charge is 0.253 e. The molecule has 6 heteroatoms. The number of carbonyl (C=O) groups is 2. The van der Waals surface area contributed by atoms with E-state index in [2.05, 4.69) is 26.6 Å². The van der Waals surface area contributed by atoms with Crippen LogP contribution < -0.4 is 10.6 Å². The number of hydrogen-bond donors (Lipinski definition) is 2. The standard InChI is InChI=1S/C21H24BrN3O2/c22-17-7-11-18(12-8-17)23-15-20(26)24-19-9-5-16(6-10-19)21(27)25-13-3-1-2-4-14-25/h5-12,23H,1-4,13-15H2,(H,24,26). The van der Waals surface area contributed by atoms with Gasteiger partial charge in [-0.3, -0.25) is 9.59 Å². The van der Waals surface area contributed by atoms with Gasteiger partial charge in [-0.1, -0.05) is 28.8 Å². The molecule has 5 nitrogen and oxygen atoms in total. The first kappa shape index (κ1) is 19.4. The summed E-state index contributed by atoms with van der Waals surface area (Å²) < 4.78 is 0.993. The zero-order valence-corrected chi connectivity index (χ0v) is 16.8. The number of anilines is 2. The van der Waals surface area contributed by atoms with Crippen molar-refractivity contribution >= 4 is 39.1 Å². The zero-order valence-electron chi connectivity index (χ0n) is 15.2. The second-order valence-electron chi connectivity index (χ2n) is 6.69. The van der Waals surface area contributed by atoms with Crippen LogP contribution in [0.5, 0.6) is 0 Å². The minimum atomic E-state index is -0.135. The van der Waals surface area contributed by atoms with Crippen LogP contribution in [0.4, 0.5) is 11.4 Å². The molecule has 1 aliphatic rings. The van der Waals surface area contributed by atoms with Crippen molar-refractivity contribution in [1.82, 2.24) is 4.90 Å². The van der Waals surface area contributed by atoms with E-state index in [1.54, 1.807) is 24.3 Å². The van der Waals surface area contributed by atoms with Gasteiger partial charge in [-0.15, -0.1) is 0 Å². The fourth-order valence-electron chi connectivity index (χ4n) is 3.11. The fraction of sp³-hybridized carbons (Fsp3) is 0.333. The molecule has 1 fully saturated rings. The van der Waals surface area contributed by atoms with Crippen molar-refractivity contribution in [3.05, 3.63) is 58.6 Å². The second kappa shape index (κ2) is 9.55. The third-order valence-electron chi connectivity index (χ3n) is 4.61. The number of amides is 2. The third-order valence-corrected chi connectivity index (χ3v) is 5.13. The third kappa shape index (κ3) is 5.82. The molecule has 0 unspecified atom stereocenters. The molecular weight excluding hydrogens is 406 g/mol. The molecule has 1 aliphatic heterocycles. The summed E-state index contributed by atoms with van der Waals surface area (Å²) in [6.07, 6.45) is 4.54. The largest absolute Gasteiger partial charge is 0.376 e. The lowest BCUT2D eigenvalue weighted by atomic mass is 10.1. The molecule has 0 aliphatic carbocycles. The topological polar surface area (TPSA) is 61.4 Å². The molecule has 0 radical (unpaired) electrons. The van der Waals surface area contributed by atoms with Crippen molar-refractivity contribution in [3.8, 4) is 0 Å². The number of rotatable bonds is 5. The Morgan fingerprint density at radius 1 is 0.852 bits per heavy atom. The van der Waals surface area contributed by atoms with E-state index in [0.29, 0.717) is 11.3 Å². The summed E-state index contributed by atoms with van der Waals surface area (Å²) in [6.45, 7) is 1.84. The van der Waals surface area contributed by atoms with Gasteiger partial charge in [0.05, 0.1) is 6.54 Å². The van der Waals surface area contributed by atoms with Crippen LogP contribution in [0.2, 0.25) is 0 Å². The molecule has 2 aromatic carbocycles. The van der Waals surface area contributed by atoms with Gasteiger partial charge in [0.1, 0.15) is 0 Å². The average molecular weight is 430 g/mol. The monoisotopic (exact) mass is 429 g/mol. The van der Waals surface area contributed by atoms with Crippen LogP contribution in [0.1, 0.15) is 36.0 Å². The lowest BCUT2D eigenvalue weighted by Crippen LogP contribution is -2.31. The van der Waals surface area contributed by atoms with Crippen molar-refractivity contribution in [2.24, 2.45) is 0 Å². The van der Waals surface area contributed by atoms with Gasteiger partial charge < -0.3 is 15.5 Å². The molecule has 0 atom stereocenters. The zero-order chi connectivity index (χ0) is 19.1. The van der Waals surface area contributed by atoms with Crippen LogP contribution in [0.15, 0.2) is 53.0 Å². The molecule has 0 saturated carbocycles. The predicted molar refractivity (Wildman–Crippen MR) is 112 cm³/mol.